The molecule has 0 saturated carbocycles. The second kappa shape index (κ2) is 3.97. The zero-order valence-electron chi connectivity index (χ0n) is 7.20. The van der Waals surface area contributed by atoms with Crippen molar-refractivity contribution in [3.05, 3.63) is 29.6 Å². The van der Waals surface area contributed by atoms with E-state index in [2.05, 4.69) is 4.98 Å². The molecule has 0 aromatic carbocycles. The lowest BCUT2D eigenvalue weighted by atomic mass is 10.1. The van der Waals surface area contributed by atoms with Crippen LogP contribution in [0.3, 0.4) is 0 Å². The van der Waals surface area contributed by atoms with Crippen LogP contribution in [0.2, 0.25) is 0 Å². The van der Waals surface area contributed by atoms with Gasteiger partial charge >= 0.3 is 0 Å². The number of pyridine rings is 1. The van der Waals surface area contributed by atoms with Gasteiger partial charge in [-0.3, -0.25) is 9.78 Å². The molecule has 0 atom stereocenters. The molecule has 0 unspecified atom stereocenters. The van der Waals surface area contributed by atoms with Crippen molar-refractivity contribution in [3.63, 3.8) is 0 Å². The van der Waals surface area contributed by atoms with Crippen LogP contribution in [0.4, 0.5) is 0 Å². The maximum atomic E-state index is 11.2. The minimum absolute atomic E-state index is 0.0336. The van der Waals surface area contributed by atoms with Crippen molar-refractivity contribution in [1.29, 1.82) is 0 Å². The van der Waals surface area contributed by atoms with E-state index in [1.807, 2.05) is 6.92 Å². The topological polar surface area (TPSA) is 39.2 Å². The van der Waals surface area contributed by atoms with Crippen LogP contribution in [0.1, 0.15) is 15.9 Å². The van der Waals surface area contributed by atoms with Crippen molar-refractivity contribution in [1.82, 2.24) is 4.98 Å². The van der Waals surface area contributed by atoms with E-state index in [9.17, 15) is 4.79 Å². The predicted octanol–water partition coefficient (Wildman–Crippen LogP) is 1.22. The van der Waals surface area contributed by atoms with Gasteiger partial charge in [0.2, 0.25) is 0 Å². The quantitative estimate of drug-likeness (QED) is 0.632. The third-order valence-electron chi connectivity index (χ3n) is 1.47. The SMILES string of the molecule is COCC(=O)c1cncc(C)c1. The van der Waals surface area contributed by atoms with Gasteiger partial charge in [-0.2, -0.15) is 0 Å². The number of nitrogens with zero attached hydrogens (tertiary/aromatic N) is 1. The lowest BCUT2D eigenvalue weighted by Crippen LogP contribution is -2.07. The monoisotopic (exact) mass is 165 g/mol. The first-order valence-electron chi connectivity index (χ1n) is 3.68. The fourth-order valence-corrected chi connectivity index (χ4v) is 0.922. The number of hydrogen-bond donors (Lipinski definition) is 0. The standard InChI is InChI=1S/C9H11NO2/c1-7-3-8(5-10-4-7)9(11)6-12-2/h3-5H,6H2,1-2H3. The Hall–Kier alpha value is -1.22. The van der Waals surface area contributed by atoms with E-state index in [4.69, 9.17) is 4.74 Å². The highest BCUT2D eigenvalue weighted by Gasteiger charge is 2.04. The summed E-state index contributed by atoms with van der Waals surface area (Å²) in [5.74, 6) is -0.0336. The number of methoxy groups -OCH3 is 1. The molecule has 12 heavy (non-hydrogen) atoms. The van der Waals surface area contributed by atoms with E-state index in [1.165, 1.54) is 7.11 Å². The number of ketones is 1. The average Bonchev–Trinajstić information content (AvgIpc) is 2.05. The average molecular weight is 165 g/mol. The van der Waals surface area contributed by atoms with Gasteiger partial charge in [0.1, 0.15) is 6.61 Å². The van der Waals surface area contributed by atoms with Crippen LogP contribution in [-0.2, 0) is 4.74 Å². The Balaban J connectivity index is 2.81. The first kappa shape index (κ1) is 8.87. The Morgan fingerprint density at radius 1 is 1.58 bits per heavy atom. The van der Waals surface area contributed by atoms with E-state index in [-0.39, 0.29) is 12.4 Å². The van der Waals surface area contributed by atoms with Gasteiger partial charge in [-0.05, 0) is 18.6 Å². The summed E-state index contributed by atoms with van der Waals surface area (Å²) in [6, 6.07) is 1.80. The number of aryl methyl sites for hydroxylation is 1. The molecule has 1 rings (SSSR count). The smallest absolute Gasteiger partial charge is 0.189 e. The van der Waals surface area contributed by atoms with Crippen LogP contribution in [0, 0.1) is 6.92 Å². The predicted molar refractivity (Wildman–Crippen MR) is 45.2 cm³/mol. The number of ether oxygens (including phenoxy) is 1. The minimum atomic E-state index is -0.0336. The van der Waals surface area contributed by atoms with Crippen molar-refractivity contribution in [2.24, 2.45) is 0 Å². The Labute approximate surface area is 71.4 Å². The maximum Gasteiger partial charge on any atom is 0.189 e. The lowest BCUT2D eigenvalue weighted by Gasteiger charge is -1.99. The van der Waals surface area contributed by atoms with E-state index in [0.717, 1.165) is 5.56 Å². The van der Waals surface area contributed by atoms with Crippen LogP contribution < -0.4 is 0 Å². The Bertz CT molecular complexity index is 284. The van der Waals surface area contributed by atoms with Gasteiger partial charge in [-0.25, -0.2) is 0 Å². The van der Waals surface area contributed by atoms with Gasteiger partial charge < -0.3 is 4.74 Å². The summed E-state index contributed by atoms with van der Waals surface area (Å²) < 4.78 is 4.72. The summed E-state index contributed by atoms with van der Waals surface area (Å²) in [5, 5.41) is 0. The molecule has 1 heterocycles. The van der Waals surface area contributed by atoms with E-state index < -0.39 is 0 Å². The third kappa shape index (κ3) is 2.13. The molecule has 0 fully saturated rings. The highest BCUT2D eigenvalue weighted by molar-refractivity contribution is 5.96. The van der Waals surface area contributed by atoms with Crippen LogP contribution in [0.25, 0.3) is 0 Å². The summed E-state index contributed by atoms with van der Waals surface area (Å²) in [5.41, 5.74) is 1.59. The largest absolute Gasteiger partial charge is 0.377 e. The molecule has 1 aromatic heterocycles. The molecule has 0 aliphatic carbocycles. The zero-order valence-corrected chi connectivity index (χ0v) is 7.20. The van der Waals surface area contributed by atoms with E-state index in [0.29, 0.717) is 5.56 Å². The van der Waals surface area contributed by atoms with Gasteiger partial charge in [0.15, 0.2) is 5.78 Å². The van der Waals surface area contributed by atoms with Crippen molar-refractivity contribution < 1.29 is 9.53 Å². The molecular weight excluding hydrogens is 154 g/mol. The number of aromatic nitrogens is 1. The number of carbonyl (C=O) groups excluding carboxylic acids is 1. The van der Waals surface area contributed by atoms with Crippen molar-refractivity contribution in [2.75, 3.05) is 13.7 Å². The van der Waals surface area contributed by atoms with Gasteiger partial charge in [-0.1, -0.05) is 0 Å². The third-order valence-corrected chi connectivity index (χ3v) is 1.47. The summed E-state index contributed by atoms with van der Waals surface area (Å²) in [4.78, 5) is 15.1. The Morgan fingerprint density at radius 2 is 2.33 bits per heavy atom. The molecule has 3 nitrogen and oxygen atoms in total. The molecule has 0 radical (unpaired) electrons. The van der Waals surface area contributed by atoms with Crippen LogP contribution >= 0.6 is 0 Å². The van der Waals surface area contributed by atoms with Gasteiger partial charge in [0.25, 0.3) is 0 Å². The first-order chi connectivity index (χ1) is 5.74. The van der Waals surface area contributed by atoms with Crippen molar-refractivity contribution in [3.8, 4) is 0 Å². The van der Waals surface area contributed by atoms with Crippen LogP contribution in [-0.4, -0.2) is 24.5 Å². The normalized spacial score (nSPS) is 9.83. The molecule has 3 heteroatoms. The fourth-order valence-electron chi connectivity index (χ4n) is 0.922. The lowest BCUT2D eigenvalue weighted by molar-refractivity contribution is 0.0847. The zero-order chi connectivity index (χ0) is 8.97. The second-order valence-electron chi connectivity index (χ2n) is 2.61. The first-order valence-corrected chi connectivity index (χ1v) is 3.68. The second-order valence-corrected chi connectivity index (χ2v) is 2.61. The fraction of sp³-hybridized carbons (Fsp3) is 0.333. The molecule has 0 bridgehead atoms. The highest BCUT2D eigenvalue weighted by atomic mass is 16.5. The van der Waals surface area contributed by atoms with Gasteiger partial charge in [0, 0.05) is 25.1 Å². The van der Waals surface area contributed by atoms with Crippen LogP contribution in [0.15, 0.2) is 18.5 Å². The Kier molecular flexibility index (Phi) is 2.94. The molecule has 0 aliphatic heterocycles. The molecule has 64 valence electrons. The molecule has 0 spiro atoms. The van der Waals surface area contributed by atoms with E-state index >= 15 is 0 Å². The molecule has 0 amide bonds. The maximum absolute atomic E-state index is 11.2. The van der Waals surface area contributed by atoms with E-state index in [1.54, 1.807) is 18.5 Å². The molecule has 0 saturated heterocycles. The number of Topliss-reactive ketones (excluding diaryl/α,β-unsaturated/α-hetero) is 1. The molecule has 0 aliphatic rings. The molecule has 0 N–H and O–H groups in total. The Morgan fingerprint density at radius 3 is 2.92 bits per heavy atom. The summed E-state index contributed by atoms with van der Waals surface area (Å²) in [6.07, 6.45) is 3.26. The molecule has 1 aromatic rings. The minimum Gasteiger partial charge on any atom is -0.377 e. The molecular formula is C9H11NO2. The summed E-state index contributed by atoms with van der Waals surface area (Å²) in [7, 11) is 1.50. The van der Waals surface area contributed by atoms with Crippen LogP contribution in [0.5, 0.6) is 0 Å². The number of hydrogen-bond acceptors (Lipinski definition) is 3. The van der Waals surface area contributed by atoms with Crippen molar-refractivity contribution in [2.45, 2.75) is 6.92 Å². The summed E-state index contributed by atoms with van der Waals surface area (Å²) in [6.45, 7) is 2.02. The number of rotatable bonds is 3. The van der Waals surface area contributed by atoms with Gasteiger partial charge in [-0.15, -0.1) is 0 Å². The number of carbonyl (C=O) groups is 1. The summed E-state index contributed by atoms with van der Waals surface area (Å²) >= 11 is 0. The van der Waals surface area contributed by atoms with Gasteiger partial charge in [0.05, 0.1) is 0 Å². The van der Waals surface area contributed by atoms with Crippen molar-refractivity contribution >= 4 is 5.78 Å². The highest BCUT2D eigenvalue weighted by Crippen LogP contribution is 2.01.